The fourth-order valence-electron chi connectivity index (χ4n) is 3.04. The minimum absolute atomic E-state index is 0.140. The van der Waals surface area contributed by atoms with Gasteiger partial charge in [0, 0.05) is 35.8 Å². The molecule has 0 saturated heterocycles. The molecule has 0 aliphatic rings. The molecule has 0 saturated carbocycles. The molecule has 0 aliphatic heterocycles. The van der Waals surface area contributed by atoms with Crippen LogP contribution < -0.4 is 5.43 Å². The molecule has 0 amide bonds. The van der Waals surface area contributed by atoms with Crippen molar-refractivity contribution in [3.8, 4) is 22.8 Å². The Hall–Kier alpha value is -3.67. The second-order valence-electron chi connectivity index (χ2n) is 6.41. The zero-order chi connectivity index (χ0) is 19.0. The normalized spacial score (nSPS) is 11.0. The number of fused-ring (bicyclic) bond motifs is 1. The lowest BCUT2D eigenvalue weighted by atomic mass is 10.0. The van der Waals surface area contributed by atoms with Crippen LogP contribution in [0.4, 0.5) is 0 Å². The van der Waals surface area contributed by atoms with Crippen LogP contribution >= 0.6 is 0 Å². The first kappa shape index (κ1) is 16.8. The monoisotopic (exact) mass is 359 g/mol. The Bertz CT molecular complexity index is 1190. The summed E-state index contributed by atoms with van der Waals surface area (Å²) >= 11 is 0. The standard InChI is InChI=1S/C21H17N3O3/c1-13(22)10-14-2-7-18-17(11-14)19(25)20(26)21(27-18)15-3-5-16(6-4-15)24-9-8-23-12-24/h2-9,11-12,22,26H,10H2,1H3. The van der Waals surface area contributed by atoms with Gasteiger partial charge in [-0.15, -0.1) is 0 Å². The molecule has 0 unspecified atom stereocenters. The van der Waals surface area contributed by atoms with E-state index >= 15 is 0 Å². The molecule has 0 aliphatic carbocycles. The number of benzene rings is 2. The highest BCUT2D eigenvalue weighted by molar-refractivity contribution is 5.85. The second-order valence-corrected chi connectivity index (χ2v) is 6.41. The van der Waals surface area contributed by atoms with Gasteiger partial charge >= 0.3 is 0 Å². The van der Waals surface area contributed by atoms with Crippen LogP contribution in [-0.4, -0.2) is 20.4 Å². The average molecular weight is 359 g/mol. The largest absolute Gasteiger partial charge is 0.502 e. The number of rotatable bonds is 4. The molecule has 4 rings (SSSR count). The van der Waals surface area contributed by atoms with Crippen molar-refractivity contribution in [1.29, 1.82) is 5.41 Å². The maximum Gasteiger partial charge on any atom is 0.235 e. The average Bonchev–Trinajstić information content (AvgIpc) is 3.19. The Kier molecular flexibility index (Phi) is 4.08. The van der Waals surface area contributed by atoms with Gasteiger partial charge in [-0.2, -0.15) is 0 Å². The van der Waals surface area contributed by atoms with E-state index in [1.165, 1.54) is 0 Å². The molecule has 6 heteroatoms. The van der Waals surface area contributed by atoms with E-state index in [9.17, 15) is 9.90 Å². The van der Waals surface area contributed by atoms with Gasteiger partial charge in [-0.25, -0.2) is 4.98 Å². The number of imidazole rings is 1. The molecule has 2 aromatic carbocycles. The summed E-state index contributed by atoms with van der Waals surface area (Å²) in [4.78, 5) is 16.7. The van der Waals surface area contributed by atoms with Crippen LogP contribution in [0.25, 0.3) is 28.0 Å². The lowest BCUT2D eigenvalue weighted by Gasteiger charge is -2.08. The zero-order valence-electron chi connectivity index (χ0n) is 14.6. The molecule has 0 fully saturated rings. The summed E-state index contributed by atoms with van der Waals surface area (Å²) in [5.41, 5.74) is 2.77. The van der Waals surface area contributed by atoms with Crippen LogP contribution in [0.1, 0.15) is 12.5 Å². The number of aromatic nitrogens is 2. The third-order valence-electron chi connectivity index (χ3n) is 4.33. The maximum atomic E-state index is 12.6. The molecular weight excluding hydrogens is 342 g/mol. The van der Waals surface area contributed by atoms with E-state index in [0.717, 1.165) is 11.3 Å². The Morgan fingerprint density at radius 1 is 1.22 bits per heavy atom. The summed E-state index contributed by atoms with van der Waals surface area (Å²) in [5, 5.41) is 18.3. The van der Waals surface area contributed by atoms with Crippen molar-refractivity contribution in [3.63, 3.8) is 0 Å². The van der Waals surface area contributed by atoms with E-state index < -0.39 is 11.2 Å². The zero-order valence-corrected chi connectivity index (χ0v) is 14.6. The van der Waals surface area contributed by atoms with Gasteiger partial charge in [0.2, 0.25) is 11.2 Å². The molecule has 0 spiro atoms. The summed E-state index contributed by atoms with van der Waals surface area (Å²) in [7, 11) is 0. The van der Waals surface area contributed by atoms with Gasteiger partial charge in [-0.1, -0.05) is 6.07 Å². The van der Waals surface area contributed by atoms with E-state index in [4.69, 9.17) is 9.83 Å². The van der Waals surface area contributed by atoms with Crippen LogP contribution in [0.3, 0.4) is 0 Å². The van der Waals surface area contributed by atoms with Crippen molar-refractivity contribution in [1.82, 2.24) is 9.55 Å². The molecule has 2 heterocycles. The molecule has 2 N–H and O–H groups in total. The third-order valence-corrected chi connectivity index (χ3v) is 4.33. The molecule has 0 radical (unpaired) electrons. The molecule has 4 aromatic rings. The van der Waals surface area contributed by atoms with Gasteiger partial charge in [0.05, 0.1) is 11.7 Å². The van der Waals surface area contributed by atoms with Crippen molar-refractivity contribution >= 4 is 16.7 Å². The van der Waals surface area contributed by atoms with Crippen molar-refractivity contribution in [2.24, 2.45) is 0 Å². The summed E-state index contributed by atoms with van der Waals surface area (Å²) in [5.74, 6) is -0.276. The first-order chi connectivity index (χ1) is 13.0. The summed E-state index contributed by atoms with van der Waals surface area (Å²) < 4.78 is 7.68. The number of nitrogens with one attached hydrogen (secondary N) is 1. The Labute approximate surface area is 154 Å². The van der Waals surface area contributed by atoms with E-state index in [2.05, 4.69) is 4.98 Å². The lowest BCUT2D eigenvalue weighted by molar-refractivity contribution is 0.449. The van der Waals surface area contributed by atoms with E-state index in [-0.39, 0.29) is 5.76 Å². The van der Waals surface area contributed by atoms with Crippen LogP contribution in [0.2, 0.25) is 0 Å². The van der Waals surface area contributed by atoms with Crippen LogP contribution in [-0.2, 0) is 6.42 Å². The van der Waals surface area contributed by atoms with Gasteiger partial charge in [0.25, 0.3) is 0 Å². The van der Waals surface area contributed by atoms with Gasteiger partial charge in [0.1, 0.15) is 5.58 Å². The van der Waals surface area contributed by atoms with Crippen LogP contribution in [0.15, 0.2) is 70.4 Å². The number of hydrogen-bond donors (Lipinski definition) is 2. The van der Waals surface area contributed by atoms with E-state index in [0.29, 0.717) is 28.7 Å². The minimum Gasteiger partial charge on any atom is -0.502 e. The molecule has 27 heavy (non-hydrogen) atoms. The Balaban J connectivity index is 1.79. The van der Waals surface area contributed by atoms with Gasteiger partial charge in [-0.3, -0.25) is 4.79 Å². The first-order valence-electron chi connectivity index (χ1n) is 8.44. The molecule has 2 aromatic heterocycles. The molecule has 0 bridgehead atoms. The van der Waals surface area contributed by atoms with Gasteiger partial charge < -0.3 is 19.5 Å². The second kappa shape index (κ2) is 6.57. The van der Waals surface area contributed by atoms with Crippen molar-refractivity contribution in [3.05, 3.63) is 77.0 Å². The van der Waals surface area contributed by atoms with Gasteiger partial charge in [0.15, 0.2) is 5.76 Å². The smallest absolute Gasteiger partial charge is 0.235 e. The molecular formula is C21H17N3O3. The Morgan fingerprint density at radius 2 is 2.00 bits per heavy atom. The predicted molar refractivity (Wildman–Crippen MR) is 104 cm³/mol. The maximum absolute atomic E-state index is 12.6. The SMILES string of the molecule is CC(=N)Cc1ccc2oc(-c3ccc(-n4ccnc4)cc3)c(O)c(=O)c2c1. The fourth-order valence-corrected chi connectivity index (χ4v) is 3.04. The predicted octanol–water partition coefficient (Wildman–Crippen LogP) is 3.93. The Morgan fingerprint density at radius 3 is 2.67 bits per heavy atom. The lowest BCUT2D eigenvalue weighted by Crippen LogP contribution is -2.04. The van der Waals surface area contributed by atoms with Crippen molar-refractivity contribution in [2.45, 2.75) is 13.3 Å². The number of nitrogens with zero attached hydrogens (tertiary/aromatic N) is 2. The molecule has 134 valence electrons. The number of aromatic hydroxyl groups is 1. The third kappa shape index (κ3) is 3.13. The highest BCUT2D eigenvalue weighted by atomic mass is 16.4. The van der Waals surface area contributed by atoms with E-state index in [1.807, 2.05) is 29.0 Å². The minimum atomic E-state index is -0.477. The molecule has 0 atom stereocenters. The van der Waals surface area contributed by atoms with Crippen molar-refractivity contribution < 1.29 is 9.52 Å². The summed E-state index contributed by atoms with van der Waals surface area (Å²) in [6.07, 6.45) is 5.66. The highest BCUT2D eigenvalue weighted by Gasteiger charge is 2.16. The molecule has 6 nitrogen and oxygen atoms in total. The van der Waals surface area contributed by atoms with Gasteiger partial charge in [-0.05, 0) is 48.9 Å². The van der Waals surface area contributed by atoms with E-state index in [1.54, 1.807) is 43.7 Å². The fraction of sp³-hybridized carbons (Fsp3) is 0.0952. The van der Waals surface area contributed by atoms with Crippen LogP contribution in [0.5, 0.6) is 5.75 Å². The van der Waals surface area contributed by atoms with Crippen LogP contribution in [0, 0.1) is 5.41 Å². The number of hydrogen-bond acceptors (Lipinski definition) is 5. The first-order valence-corrected chi connectivity index (χ1v) is 8.44. The summed E-state index contributed by atoms with van der Waals surface area (Å²) in [6, 6.07) is 12.5. The quantitative estimate of drug-likeness (QED) is 0.540. The summed E-state index contributed by atoms with van der Waals surface area (Å²) in [6.45, 7) is 1.71. The highest BCUT2D eigenvalue weighted by Crippen LogP contribution is 2.30. The topological polar surface area (TPSA) is 92.1 Å². The van der Waals surface area contributed by atoms with Crippen molar-refractivity contribution in [2.75, 3.05) is 0 Å².